The number of likely N-dealkylation sites (tertiary alicyclic amines) is 1. The smallest absolute Gasteiger partial charge is 0.272 e. The number of rotatable bonds is 6. The number of nitrogens with one attached hydrogen (secondary N) is 1. The highest BCUT2D eigenvalue weighted by atomic mass is 35.5. The van der Waals surface area contributed by atoms with Crippen molar-refractivity contribution in [2.75, 3.05) is 19.6 Å². The first-order valence-corrected chi connectivity index (χ1v) is 10.4. The molecule has 4 rings (SSSR count). The maximum atomic E-state index is 12.9. The van der Waals surface area contributed by atoms with Crippen molar-refractivity contribution in [2.45, 2.75) is 32.2 Å². The number of carbonyl (C=O) groups is 1. The lowest BCUT2D eigenvalue weighted by Crippen LogP contribution is -2.44. The third-order valence-electron chi connectivity index (χ3n) is 5.25. The number of amides is 1. The second-order valence-corrected chi connectivity index (χ2v) is 7.81. The highest BCUT2D eigenvalue weighted by Gasteiger charge is 2.23. The van der Waals surface area contributed by atoms with Gasteiger partial charge in [-0.25, -0.2) is 4.68 Å². The van der Waals surface area contributed by atoms with Gasteiger partial charge in [-0.05, 0) is 62.2 Å². The summed E-state index contributed by atoms with van der Waals surface area (Å²) in [6.45, 7) is 5.37. The molecular weight excluding hydrogens is 388 g/mol. The first-order chi connectivity index (χ1) is 14.1. The quantitative estimate of drug-likeness (QED) is 0.652. The molecule has 1 aromatic carbocycles. The molecule has 0 spiro atoms. The van der Waals surface area contributed by atoms with Gasteiger partial charge < -0.3 is 14.6 Å². The van der Waals surface area contributed by atoms with Crippen LogP contribution in [-0.4, -0.2) is 46.3 Å². The van der Waals surface area contributed by atoms with E-state index in [2.05, 4.69) is 22.2 Å². The van der Waals surface area contributed by atoms with Crippen LogP contribution in [0, 0.1) is 0 Å². The molecule has 7 heteroatoms. The first kappa shape index (κ1) is 19.7. The molecule has 2 aromatic heterocycles. The molecule has 3 aromatic rings. The van der Waals surface area contributed by atoms with Crippen LogP contribution in [0.3, 0.4) is 0 Å². The number of furan rings is 1. The average Bonchev–Trinajstić information content (AvgIpc) is 3.40. The summed E-state index contributed by atoms with van der Waals surface area (Å²) in [5, 5.41) is 8.36. The zero-order valence-electron chi connectivity index (χ0n) is 16.5. The fraction of sp³-hybridized carbons (Fsp3) is 0.364. The van der Waals surface area contributed by atoms with Crippen LogP contribution in [0.25, 0.3) is 17.1 Å². The molecule has 29 heavy (non-hydrogen) atoms. The Kier molecular flexibility index (Phi) is 6.02. The Morgan fingerprint density at radius 1 is 1.24 bits per heavy atom. The molecule has 3 heterocycles. The largest absolute Gasteiger partial charge is 0.463 e. The highest BCUT2D eigenvalue weighted by molar-refractivity contribution is 6.30. The predicted molar refractivity (Wildman–Crippen MR) is 113 cm³/mol. The third kappa shape index (κ3) is 4.54. The second-order valence-electron chi connectivity index (χ2n) is 7.37. The maximum Gasteiger partial charge on any atom is 0.272 e. The van der Waals surface area contributed by atoms with Crippen LogP contribution in [-0.2, 0) is 0 Å². The summed E-state index contributed by atoms with van der Waals surface area (Å²) in [7, 11) is 0. The van der Waals surface area contributed by atoms with E-state index < -0.39 is 0 Å². The Morgan fingerprint density at radius 2 is 2.00 bits per heavy atom. The van der Waals surface area contributed by atoms with E-state index in [1.54, 1.807) is 29.1 Å². The first-order valence-electron chi connectivity index (χ1n) is 10.1. The van der Waals surface area contributed by atoms with E-state index in [1.807, 2.05) is 24.3 Å². The minimum absolute atomic E-state index is 0.153. The predicted octanol–water partition coefficient (Wildman–Crippen LogP) is 4.39. The van der Waals surface area contributed by atoms with Gasteiger partial charge in [0.1, 0.15) is 5.69 Å². The van der Waals surface area contributed by atoms with Gasteiger partial charge in [-0.15, -0.1) is 0 Å². The van der Waals surface area contributed by atoms with Gasteiger partial charge in [0.2, 0.25) is 0 Å². The average molecular weight is 413 g/mol. The van der Waals surface area contributed by atoms with Gasteiger partial charge in [0.15, 0.2) is 11.5 Å². The van der Waals surface area contributed by atoms with Crippen LogP contribution in [0.2, 0.25) is 5.02 Å². The number of halogens is 1. The summed E-state index contributed by atoms with van der Waals surface area (Å²) in [4.78, 5) is 15.3. The number of benzene rings is 1. The van der Waals surface area contributed by atoms with Gasteiger partial charge in [0, 0.05) is 30.2 Å². The van der Waals surface area contributed by atoms with Crippen molar-refractivity contribution in [3.05, 3.63) is 59.4 Å². The van der Waals surface area contributed by atoms with Gasteiger partial charge in [-0.2, -0.15) is 5.10 Å². The molecule has 0 saturated carbocycles. The van der Waals surface area contributed by atoms with Crippen molar-refractivity contribution in [1.29, 1.82) is 0 Å². The normalized spacial score (nSPS) is 15.5. The summed E-state index contributed by atoms with van der Waals surface area (Å²) in [5.74, 6) is 0.499. The summed E-state index contributed by atoms with van der Waals surface area (Å²) >= 11 is 6.02. The van der Waals surface area contributed by atoms with E-state index in [-0.39, 0.29) is 11.9 Å². The van der Waals surface area contributed by atoms with Crippen LogP contribution in [0.1, 0.15) is 36.7 Å². The summed E-state index contributed by atoms with van der Waals surface area (Å²) < 4.78 is 7.28. The number of carbonyl (C=O) groups excluding carboxylic acids is 1. The van der Waals surface area contributed by atoms with Crippen LogP contribution in [0.5, 0.6) is 0 Å². The number of hydrogen-bond donors (Lipinski definition) is 1. The van der Waals surface area contributed by atoms with Crippen LogP contribution < -0.4 is 5.32 Å². The Hall–Kier alpha value is -2.57. The van der Waals surface area contributed by atoms with Crippen molar-refractivity contribution >= 4 is 17.5 Å². The molecule has 1 amide bonds. The van der Waals surface area contributed by atoms with E-state index in [4.69, 9.17) is 16.0 Å². The fourth-order valence-electron chi connectivity index (χ4n) is 3.75. The van der Waals surface area contributed by atoms with Crippen molar-refractivity contribution < 1.29 is 9.21 Å². The molecule has 0 radical (unpaired) electrons. The minimum atomic E-state index is -0.153. The van der Waals surface area contributed by atoms with Crippen molar-refractivity contribution in [2.24, 2.45) is 0 Å². The molecule has 1 aliphatic heterocycles. The monoisotopic (exact) mass is 412 g/mol. The van der Waals surface area contributed by atoms with E-state index in [1.165, 1.54) is 0 Å². The Labute approximate surface area is 175 Å². The van der Waals surface area contributed by atoms with Gasteiger partial charge in [-0.1, -0.05) is 18.5 Å². The van der Waals surface area contributed by atoms with Crippen molar-refractivity contribution in [3.63, 3.8) is 0 Å². The van der Waals surface area contributed by atoms with E-state index >= 15 is 0 Å². The molecule has 1 N–H and O–H groups in total. The number of nitrogens with zero attached hydrogens (tertiary/aromatic N) is 3. The number of piperidine rings is 1. The van der Waals surface area contributed by atoms with Gasteiger partial charge in [0.05, 0.1) is 12.0 Å². The topological polar surface area (TPSA) is 63.3 Å². The standard InChI is InChI=1S/C22H25ClN4O2/c1-2-11-26-12-9-17(10-13-26)24-22(28)19-15-20(21-4-3-14-29-21)27(25-19)18-7-5-16(23)6-8-18/h3-8,14-15,17H,2,9-13H2,1H3,(H,24,28). The minimum Gasteiger partial charge on any atom is -0.463 e. The van der Waals surface area contributed by atoms with Crippen LogP contribution in [0.4, 0.5) is 0 Å². The van der Waals surface area contributed by atoms with Crippen molar-refractivity contribution in [3.8, 4) is 17.1 Å². The molecule has 1 saturated heterocycles. The molecule has 0 atom stereocenters. The Balaban J connectivity index is 1.54. The van der Waals surface area contributed by atoms with E-state index in [0.29, 0.717) is 16.5 Å². The summed E-state index contributed by atoms with van der Waals surface area (Å²) in [6, 6.07) is 13.0. The molecule has 1 fully saturated rings. The summed E-state index contributed by atoms with van der Waals surface area (Å²) in [5.41, 5.74) is 1.91. The second kappa shape index (κ2) is 8.84. The number of aromatic nitrogens is 2. The molecule has 152 valence electrons. The van der Waals surface area contributed by atoms with E-state index in [0.717, 1.165) is 50.3 Å². The van der Waals surface area contributed by atoms with Crippen molar-refractivity contribution in [1.82, 2.24) is 20.0 Å². The van der Waals surface area contributed by atoms with Gasteiger partial charge >= 0.3 is 0 Å². The summed E-state index contributed by atoms with van der Waals surface area (Å²) in [6.07, 6.45) is 4.70. The number of hydrogen-bond acceptors (Lipinski definition) is 4. The SMILES string of the molecule is CCCN1CCC(NC(=O)c2cc(-c3ccco3)n(-c3ccc(Cl)cc3)n2)CC1. The zero-order valence-corrected chi connectivity index (χ0v) is 17.2. The zero-order chi connectivity index (χ0) is 20.2. The molecular formula is C22H25ClN4O2. The van der Waals surface area contributed by atoms with Crippen LogP contribution in [0.15, 0.2) is 53.1 Å². The van der Waals surface area contributed by atoms with Crippen LogP contribution >= 0.6 is 11.6 Å². The molecule has 6 nitrogen and oxygen atoms in total. The Morgan fingerprint density at radius 3 is 2.66 bits per heavy atom. The maximum absolute atomic E-state index is 12.9. The lowest BCUT2D eigenvalue weighted by Gasteiger charge is -2.31. The molecule has 1 aliphatic rings. The molecule has 0 aliphatic carbocycles. The van der Waals surface area contributed by atoms with Gasteiger partial charge in [-0.3, -0.25) is 4.79 Å². The highest BCUT2D eigenvalue weighted by Crippen LogP contribution is 2.25. The lowest BCUT2D eigenvalue weighted by atomic mass is 10.0. The van der Waals surface area contributed by atoms with E-state index in [9.17, 15) is 4.79 Å². The third-order valence-corrected chi connectivity index (χ3v) is 5.50. The molecule has 0 bridgehead atoms. The fourth-order valence-corrected chi connectivity index (χ4v) is 3.87. The van der Waals surface area contributed by atoms with Gasteiger partial charge in [0.25, 0.3) is 5.91 Å². The molecule has 0 unspecified atom stereocenters. The lowest BCUT2D eigenvalue weighted by molar-refractivity contribution is 0.0905. The Bertz CT molecular complexity index is 942.